The Morgan fingerprint density at radius 3 is 2.52 bits per heavy atom. The van der Waals surface area contributed by atoms with Crippen molar-refractivity contribution < 1.29 is 19.0 Å². The number of aliphatic hydroxyl groups excluding tert-OH is 1. The number of hydrogen-bond acceptors (Lipinski definition) is 5. The Hall–Kier alpha value is 0.0169. The van der Waals surface area contributed by atoms with Gasteiger partial charge in [0.15, 0.2) is 14.1 Å². The van der Waals surface area contributed by atoms with Crippen molar-refractivity contribution in [2.45, 2.75) is 95.7 Å². The van der Waals surface area contributed by atoms with Gasteiger partial charge in [-0.25, -0.2) is 0 Å². The van der Waals surface area contributed by atoms with Crippen LogP contribution in [0.1, 0.15) is 47.5 Å². The standard InChI is InChI=1S/C17H35NO4Si/c1-16(2,3)23(6,7)22-12(9-8-10-19)14-15-13(11-18-14)20-17(4,5)21-15/h12-15,18-19H,8-11H2,1-7H3/t12-,13+,14+,15+/m0/s1. The smallest absolute Gasteiger partial charge is 0.192 e. The number of rotatable bonds is 6. The van der Waals surface area contributed by atoms with Gasteiger partial charge in [-0.3, -0.25) is 0 Å². The quantitative estimate of drug-likeness (QED) is 0.725. The summed E-state index contributed by atoms with van der Waals surface area (Å²) in [6, 6.07) is 0.127. The Morgan fingerprint density at radius 1 is 1.30 bits per heavy atom. The summed E-state index contributed by atoms with van der Waals surface area (Å²) in [6.45, 7) is 16.3. The second-order valence-corrected chi connectivity index (χ2v) is 13.6. The molecule has 0 aliphatic carbocycles. The van der Waals surface area contributed by atoms with Gasteiger partial charge in [0.05, 0.1) is 12.1 Å². The molecule has 0 unspecified atom stereocenters. The van der Waals surface area contributed by atoms with E-state index < -0.39 is 14.1 Å². The molecule has 2 aliphatic rings. The van der Waals surface area contributed by atoms with Crippen LogP contribution in [0.15, 0.2) is 0 Å². The van der Waals surface area contributed by atoms with E-state index >= 15 is 0 Å². The lowest BCUT2D eigenvalue weighted by molar-refractivity contribution is -0.156. The minimum Gasteiger partial charge on any atom is -0.412 e. The number of hydrogen-bond donors (Lipinski definition) is 2. The SMILES string of the molecule is CC1(C)O[C@H]2[C@@H]([C@H](CCCO)O[Si](C)(C)C(C)(C)C)NC[C@H]2O1. The summed E-state index contributed by atoms with van der Waals surface area (Å²) in [7, 11) is -1.88. The van der Waals surface area contributed by atoms with Gasteiger partial charge in [0.1, 0.15) is 12.2 Å². The van der Waals surface area contributed by atoms with Crippen LogP contribution < -0.4 is 5.32 Å². The predicted molar refractivity (Wildman–Crippen MR) is 94.0 cm³/mol. The lowest BCUT2D eigenvalue weighted by Gasteiger charge is -2.41. The Morgan fingerprint density at radius 2 is 1.96 bits per heavy atom. The van der Waals surface area contributed by atoms with Crippen LogP contribution in [0.2, 0.25) is 18.1 Å². The van der Waals surface area contributed by atoms with Gasteiger partial charge in [-0.2, -0.15) is 0 Å². The zero-order valence-electron chi connectivity index (χ0n) is 15.8. The maximum absolute atomic E-state index is 9.27. The van der Waals surface area contributed by atoms with Gasteiger partial charge < -0.3 is 24.3 Å². The van der Waals surface area contributed by atoms with Gasteiger partial charge in [0, 0.05) is 13.2 Å². The summed E-state index contributed by atoms with van der Waals surface area (Å²) in [5.74, 6) is -0.520. The summed E-state index contributed by atoms with van der Waals surface area (Å²) in [5, 5.41) is 13.0. The predicted octanol–water partition coefficient (Wildman–Crippen LogP) is 2.64. The Labute approximate surface area is 142 Å². The van der Waals surface area contributed by atoms with Crippen LogP contribution in [-0.4, -0.2) is 56.7 Å². The van der Waals surface area contributed by atoms with Crippen molar-refractivity contribution in [2.24, 2.45) is 0 Å². The molecule has 0 aromatic carbocycles. The molecule has 2 aliphatic heterocycles. The molecule has 136 valence electrons. The van der Waals surface area contributed by atoms with Gasteiger partial charge in [0.2, 0.25) is 0 Å². The summed E-state index contributed by atoms with van der Waals surface area (Å²) < 4.78 is 18.8. The molecule has 4 atom stereocenters. The molecule has 0 radical (unpaired) electrons. The Kier molecular flexibility index (Phi) is 5.66. The van der Waals surface area contributed by atoms with E-state index in [1.54, 1.807) is 0 Å². The number of aliphatic hydroxyl groups is 1. The molecule has 0 spiro atoms. The molecule has 2 N–H and O–H groups in total. The van der Waals surface area contributed by atoms with Crippen molar-refractivity contribution in [2.75, 3.05) is 13.2 Å². The second-order valence-electron chi connectivity index (χ2n) is 8.86. The fourth-order valence-corrected chi connectivity index (χ4v) is 4.57. The van der Waals surface area contributed by atoms with E-state index in [0.29, 0.717) is 0 Å². The molecule has 0 aromatic rings. The summed E-state index contributed by atoms with van der Waals surface area (Å²) in [5.41, 5.74) is 0. The summed E-state index contributed by atoms with van der Waals surface area (Å²) in [6.07, 6.45) is 1.76. The fraction of sp³-hybridized carbons (Fsp3) is 1.00. The Bertz CT molecular complexity index is 408. The number of ether oxygens (including phenoxy) is 2. The largest absolute Gasteiger partial charge is 0.412 e. The van der Waals surface area contributed by atoms with E-state index in [4.69, 9.17) is 13.9 Å². The van der Waals surface area contributed by atoms with Gasteiger partial charge in [-0.05, 0) is 44.8 Å². The molecule has 0 bridgehead atoms. The molecule has 2 saturated heterocycles. The molecular formula is C17H35NO4Si. The number of nitrogens with one attached hydrogen (secondary N) is 1. The molecule has 6 heteroatoms. The summed E-state index contributed by atoms with van der Waals surface area (Å²) >= 11 is 0. The van der Waals surface area contributed by atoms with Gasteiger partial charge in [-0.15, -0.1) is 0 Å². The minimum absolute atomic E-state index is 0.0264. The third-order valence-electron chi connectivity index (χ3n) is 5.43. The van der Waals surface area contributed by atoms with Crippen LogP contribution in [0.4, 0.5) is 0 Å². The molecule has 0 saturated carbocycles. The highest BCUT2D eigenvalue weighted by Gasteiger charge is 2.52. The highest BCUT2D eigenvalue weighted by molar-refractivity contribution is 6.74. The van der Waals surface area contributed by atoms with Crippen molar-refractivity contribution in [1.29, 1.82) is 0 Å². The monoisotopic (exact) mass is 345 g/mol. The van der Waals surface area contributed by atoms with Crippen LogP contribution in [0.5, 0.6) is 0 Å². The van der Waals surface area contributed by atoms with E-state index in [9.17, 15) is 5.11 Å². The highest BCUT2D eigenvalue weighted by atomic mass is 28.4. The molecule has 2 fully saturated rings. The van der Waals surface area contributed by atoms with Gasteiger partial charge in [0.25, 0.3) is 0 Å². The van der Waals surface area contributed by atoms with Crippen LogP contribution >= 0.6 is 0 Å². The molecular weight excluding hydrogens is 310 g/mol. The topological polar surface area (TPSA) is 60.0 Å². The first-order valence-corrected chi connectivity index (χ1v) is 11.8. The van der Waals surface area contributed by atoms with E-state index in [-0.39, 0.29) is 36.0 Å². The lowest BCUT2D eigenvalue weighted by Crippen LogP contribution is -2.52. The second kappa shape index (κ2) is 6.73. The van der Waals surface area contributed by atoms with E-state index in [2.05, 4.69) is 39.2 Å². The first-order chi connectivity index (χ1) is 10.5. The molecule has 2 heterocycles. The van der Waals surface area contributed by atoms with Crippen molar-refractivity contribution in [3.63, 3.8) is 0 Å². The Balaban J connectivity index is 2.12. The number of fused-ring (bicyclic) bond motifs is 1. The summed E-state index contributed by atoms with van der Waals surface area (Å²) in [4.78, 5) is 0. The highest BCUT2D eigenvalue weighted by Crippen LogP contribution is 2.40. The van der Waals surface area contributed by atoms with Crippen LogP contribution in [0.25, 0.3) is 0 Å². The van der Waals surface area contributed by atoms with Gasteiger partial charge in [-0.1, -0.05) is 20.8 Å². The third-order valence-corrected chi connectivity index (χ3v) is 9.93. The van der Waals surface area contributed by atoms with Crippen LogP contribution in [0, 0.1) is 0 Å². The van der Waals surface area contributed by atoms with Crippen LogP contribution in [-0.2, 0) is 13.9 Å². The third kappa shape index (κ3) is 4.35. The first-order valence-electron chi connectivity index (χ1n) is 8.84. The van der Waals surface area contributed by atoms with E-state index in [1.807, 2.05) is 13.8 Å². The molecule has 2 rings (SSSR count). The molecule has 0 amide bonds. The van der Waals surface area contributed by atoms with Crippen LogP contribution in [0.3, 0.4) is 0 Å². The van der Waals surface area contributed by atoms with Gasteiger partial charge >= 0.3 is 0 Å². The minimum atomic E-state index is -1.88. The molecule has 0 aromatic heterocycles. The van der Waals surface area contributed by atoms with Crippen molar-refractivity contribution in [3.05, 3.63) is 0 Å². The lowest BCUT2D eigenvalue weighted by atomic mass is 10.0. The van der Waals surface area contributed by atoms with E-state index in [0.717, 1.165) is 19.4 Å². The zero-order chi connectivity index (χ0) is 17.5. The average molecular weight is 346 g/mol. The van der Waals surface area contributed by atoms with E-state index in [1.165, 1.54) is 0 Å². The maximum atomic E-state index is 9.27. The average Bonchev–Trinajstić information content (AvgIpc) is 2.88. The van der Waals surface area contributed by atoms with Crippen molar-refractivity contribution >= 4 is 8.32 Å². The maximum Gasteiger partial charge on any atom is 0.192 e. The van der Waals surface area contributed by atoms with Crippen molar-refractivity contribution in [1.82, 2.24) is 5.32 Å². The van der Waals surface area contributed by atoms with Crippen molar-refractivity contribution in [3.8, 4) is 0 Å². The first kappa shape index (κ1) is 19.3. The fourth-order valence-electron chi connectivity index (χ4n) is 3.20. The molecule has 5 nitrogen and oxygen atoms in total. The zero-order valence-corrected chi connectivity index (χ0v) is 16.8. The normalized spacial score (nSPS) is 32.1. The molecule has 23 heavy (non-hydrogen) atoms.